The molecule has 2 fully saturated rings. The zero-order chi connectivity index (χ0) is 26.1. The van der Waals surface area contributed by atoms with Crippen molar-refractivity contribution in [2.45, 2.75) is 76.0 Å². The van der Waals surface area contributed by atoms with Gasteiger partial charge in [-0.1, -0.05) is 24.4 Å². The highest BCUT2D eigenvalue weighted by molar-refractivity contribution is 6.30. The Hall–Kier alpha value is -3.05. The number of fused-ring (bicyclic) bond motifs is 1. The molecule has 2 atom stereocenters. The molecule has 2 heterocycles. The number of aliphatic hydroxyl groups excluding tert-OH is 1. The molecule has 1 aromatic carbocycles. The van der Waals surface area contributed by atoms with Crippen molar-refractivity contribution < 1.29 is 18.7 Å². The number of primary amides is 1. The van der Waals surface area contributed by atoms with E-state index in [2.05, 4.69) is 20.6 Å². The standard InChI is InChI=1S/C25H30ClF2N7O2/c26-14-9-18(27)21(19(28)10-14)33-25-32-20-12-30-24(31-15-3-1-2-4-17(36)11-15)34-23(20)35(25)16-7-5-13(6-8-16)22(29)37/h9-10,12-13,15-17,36H,1-8,11H2,(H2,29,37)(H,32,33)(H,30,31,34)/t13?,15-,16?,17-/m0/s1. The van der Waals surface area contributed by atoms with Gasteiger partial charge in [-0.3, -0.25) is 9.36 Å². The Labute approximate surface area is 217 Å². The number of nitrogens with zero attached hydrogens (tertiary/aromatic N) is 4. The van der Waals surface area contributed by atoms with E-state index in [9.17, 15) is 18.7 Å². The van der Waals surface area contributed by atoms with Crippen molar-refractivity contribution in [2.24, 2.45) is 11.7 Å². The van der Waals surface area contributed by atoms with Gasteiger partial charge in [-0.05, 0) is 57.1 Å². The number of aliphatic hydroxyl groups is 1. The van der Waals surface area contributed by atoms with Crippen molar-refractivity contribution in [2.75, 3.05) is 10.6 Å². The van der Waals surface area contributed by atoms with Gasteiger partial charge in [-0.25, -0.2) is 18.7 Å². The fourth-order valence-corrected chi connectivity index (χ4v) is 5.63. The minimum atomic E-state index is -0.846. The summed E-state index contributed by atoms with van der Waals surface area (Å²) < 4.78 is 31.1. The third-order valence-electron chi connectivity index (χ3n) is 7.37. The van der Waals surface area contributed by atoms with E-state index in [1.54, 1.807) is 6.20 Å². The molecular weight excluding hydrogens is 504 g/mol. The van der Waals surface area contributed by atoms with Gasteiger partial charge in [-0.15, -0.1) is 0 Å². The molecule has 2 saturated carbocycles. The molecule has 0 spiro atoms. The van der Waals surface area contributed by atoms with Crippen LogP contribution in [0.4, 0.5) is 26.4 Å². The molecule has 5 N–H and O–H groups in total. The van der Waals surface area contributed by atoms with Crippen LogP contribution in [0.5, 0.6) is 0 Å². The van der Waals surface area contributed by atoms with E-state index < -0.39 is 11.6 Å². The Morgan fingerprint density at radius 2 is 1.78 bits per heavy atom. The average molecular weight is 534 g/mol. The number of carbonyl (C=O) groups excluding carboxylic acids is 1. The number of hydrogen-bond donors (Lipinski definition) is 4. The predicted molar refractivity (Wildman–Crippen MR) is 137 cm³/mol. The van der Waals surface area contributed by atoms with Gasteiger partial charge in [-0.2, -0.15) is 4.98 Å². The van der Waals surface area contributed by atoms with Crippen LogP contribution in [0.2, 0.25) is 5.02 Å². The lowest BCUT2D eigenvalue weighted by Crippen LogP contribution is -2.29. The summed E-state index contributed by atoms with van der Waals surface area (Å²) in [4.78, 5) is 25.4. The van der Waals surface area contributed by atoms with E-state index in [1.165, 1.54) is 0 Å². The van der Waals surface area contributed by atoms with Crippen molar-refractivity contribution >= 4 is 46.3 Å². The zero-order valence-corrected chi connectivity index (χ0v) is 21.0. The highest BCUT2D eigenvalue weighted by atomic mass is 35.5. The molecular formula is C25H30ClF2N7O2. The minimum Gasteiger partial charge on any atom is -0.393 e. The SMILES string of the molecule is NC(=O)C1CCC(n2c(Nc3c(F)cc(Cl)cc3F)nc3cnc(N[C@H]4CCCC[C@H](O)C4)nc32)CC1. The van der Waals surface area contributed by atoms with Gasteiger partial charge < -0.3 is 21.5 Å². The summed E-state index contributed by atoms with van der Waals surface area (Å²) in [5, 5.41) is 16.3. The number of halogens is 3. The molecule has 0 aliphatic heterocycles. The van der Waals surface area contributed by atoms with Crippen molar-refractivity contribution in [1.29, 1.82) is 0 Å². The Balaban J connectivity index is 1.51. The van der Waals surface area contributed by atoms with E-state index in [4.69, 9.17) is 22.3 Å². The van der Waals surface area contributed by atoms with E-state index in [1.807, 2.05) is 4.57 Å². The summed E-state index contributed by atoms with van der Waals surface area (Å²) in [6.07, 6.45) is 7.93. The van der Waals surface area contributed by atoms with Crippen LogP contribution in [0.25, 0.3) is 11.2 Å². The predicted octanol–water partition coefficient (Wildman–Crippen LogP) is 4.82. The summed E-state index contributed by atoms with van der Waals surface area (Å²) in [5.74, 6) is -1.61. The first-order chi connectivity index (χ1) is 17.8. The van der Waals surface area contributed by atoms with Gasteiger partial charge in [0.1, 0.15) is 11.2 Å². The maximum Gasteiger partial charge on any atom is 0.224 e. The lowest BCUT2D eigenvalue weighted by molar-refractivity contribution is -0.122. The lowest BCUT2D eigenvalue weighted by Gasteiger charge is -2.29. The van der Waals surface area contributed by atoms with Crippen LogP contribution in [0, 0.1) is 17.6 Å². The molecule has 2 aromatic heterocycles. The van der Waals surface area contributed by atoms with Crippen LogP contribution in [0.3, 0.4) is 0 Å². The molecule has 0 unspecified atom stereocenters. The first-order valence-corrected chi connectivity index (χ1v) is 13.1. The highest BCUT2D eigenvalue weighted by Gasteiger charge is 2.30. The normalized spacial score (nSPS) is 24.5. The molecule has 198 valence electrons. The largest absolute Gasteiger partial charge is 0.393 e. The summed E-state index contributed by atoms with van der Waals surface area (Å²) in [5.41, 5.74) is 6.11. The topological polar surface area (TPSA) is 131 Å². The van der Waals surface area contributed by atoms with Crippen LogP contribution in [0.15, 0.2) is 18.3 Å². The molecule has 0 bridgehead atoms. The second-order valence-electron chi connectivity index (χ2n) is 10.0. The summed E-state index contributed by atoms with van der Waals surface area (Å²) in [6, 6.07) is 1.97. The number of imidazole rings is 1. The Bertz CT molecular complexity index is 1270. The van der Waals surface area contributed by atoms with Crippen LogP contribution < -0.4 is 16.4 Å². The fourth-order valence-electron chi connectivity index (χ4n) is 5.43. The Morgan fingerprint density at radius 3 is 2.49 bits per heavy atom. The van der Waals surface area contributed by atoms with Gasteiger partial charge in [0.05, 0.1) is 12.3 Å². The summed E-state index contributed by atoms with van der Waals surface area (Å²) in [6.45, 7) is 0. The number of anilines is 3. The molecule has 2 aliphatic rings. The number of rotatable bonds is 6. The van der Waals surface area contributed by atoms with Crippen LogP contribution >= 0.6 is 11.6 Å². The molecule has 0 radical (unpaired) electrons. The lowest BCUT2D eigenvalue weighted by atomic mass is 9.85. The van der Waals surface area contributed by atoms with Gasteiger partial charge >= 0.3 is 0 Å². The number of amides is 1. The van der Waals surface area contributed by atoms with E-state index >= 15 is 0 Å². The second-order valence-corrected chi connectivity index (χ2v) is 10.4. The molecule has 2 aliphatic carbocycles. The molecule has 1 amide bonds. The first kappa shape index (κ1) is 25.6. The van der Waals surface area contributed by atoms with Gasteiger partial charge in [0.2, 0.25) is 17.8 Å². The quantitative estimate of drug-likeness (QED) is 0.334. The van der Waals surface area contributed by atoms with E-state index in [0.29, 0.717) is 49.2 Å². The van der Waals surface area contributed by atoms with Crippen molar-refractivity contribution in [1.82, 2.24) is 19.5 Å². The van der Waals surface area contributed by atoms with Crippen molar-refractivity contribution in [3.63, 3.8) is 0 Å². The smallest absolute Gasteiger partial charge is 0.224 e. The fraction of sp³-hybridized carbons (Fsp3) is 0.520. The van der Waals surface area contributed by atoms with E-state index in [0.717, 1.165) is 37.8 Å². The third-order valence-corrected chi connectivity index (χ3v) is 7.59. The maximum atomic E-state index is 14.6. The van der Waals surface area contributed by atoms with Gasteiger partial charge in [0, 0.05) is 23.0 Å². The van der Waals surface area contributed by atoms with Crippen LogP contribution in [-0.2, 0) is 4.79 Å². The van der Waals surface area contributed by atoms with Crippen molar-refractivity contribution in [3.8, 4) is 0 Å². The number of nitrogens with two attached hydrogens (primary N) is 1. The summed E-state index contributed by atoms with van der Waals surface area (Å²) >= 11 is 5.79. The number of nitrogens with one attached hydrogen (secondary N) is 2. The number of aromatic nitrogens is 4. The number of benzene rings is 1. The average Bonchev–Trinajstić information content (AvgIpc) is 3.07. The Kier molecular flexibility index (Phi) is 7.43. The van der Waals surface area contributed by atoms with Gasteiger partial charge in [0.25, 0.3) is 0 Å². The maximum absolute atomic E-state index is 14.6. The third kappa shape index (κ3) is 5.62. The summed E-state index contributed by atoms with van der Waals surface area (Å²) in [7, 11) is 0. The monoisotopic (exact) mass is 533 g/mol. The first-order valence-electron chi connectivity index (χ1n) is 12.7. The molecule has 37 heavy (non-hydrogen) atoms. The Morgan fingerprint density at radius 1 is 1.08 bits per heavy atom. The van der Waals surface area contributed by atoms with Crippen LogP contribution in [-0.4, -0.2) is 42.7 Å². The molecule has 5 rings (SSSR count). The highest BCUT2D eigenvalue weighted by Crippen LogP contribution is 2.38. The molecule has 3 aromatic rings. The number of carbonyl (C=O) groups is 1. The second kappa shape index (κ2) is 10.7. The van der Waals surface area contributed by atoms with E-state index in [-0.39, 0.29) is 46.7 Å². The minimum absolute atomic E-state index is 0.0344. The van der Waals surface area contributed by atoms with Gasteiger partial charge in [0.15, 0.2) is 17.3 Å². The molecule has 9 nitrogen and oxygen atoms in total. The van der Waals surface area contributed by atoms with Crippen molar-refractivity contribution in [3.05, 3.63) is 35.0 Å². The number of hydrogen-bond acceptors (Lipinski definition) is 7. The molecule has 12 heteroatoms. The van der Waals surface area contributed by atoms with Crippen LogP contribution in [0.1, 0.15) is 63.8 Å². The molecule has 0 saturated heterocycles. The zero-order valence-electron chi connectivity index (χ0n) is 20.3.